The number of benzene rings is 1. The normalized spacial score (nSPS) is 17.3. The maximum absolute atomic E-state index is 13.3. The largest absolute Gasteiger partial charge is 0.332 e. The van der Waals surface area contributed by atoms with Crippen molar-refractivity contribution in [1.29, 1.82) is 0 Å². The lowest BCUT2D eigenvalue weighted by atomic mass is 9.93. The van der Waals surface area contributed by atoms with E-state index in [4.69, 9.17) is 11.6 Å². The second-order valence-corrected chi connectivity index (χ2v) is 9.33. The number of hydrogen-bond acceptors (Lipinski definition) is 3. The van der Waals surface area contributed by atoms with Gasteiger partial charge in [0.25, 0.3) is 0 Å². The first-order valence-corrected chi connectivity index (χ1v) is 11.0. The number of carbonyl (C=O) groups excluding carboxylic acids is 2. The van der Waals surface area contributed by atoms with Gasteiger partial charge in [0.2, 0.25) is 11.8 Å². The molecule has 1 aromatic heterocycles. The molecule has 1 aliphatic rings. The first-order valence-electron chi connectivity index (χ1n) is 9.72. The minimum Gasteiger partial charge on any atom is -0.332 e. The summed E-state index contributed by atoms with van der Waals surface area (Å²) in [5.41, 5.74) is 2.30. The molecular weight excluding hydrogens is 392 g/mol. The van der Waals surface area contributed by atoms with Crippen LogP contribution in [-0.2, 0) is 16.0 Å². The van der Waals surface area contributed by atoms with Crippen LogP contribution in [0.3, 0.4) is 0 Å². The molecule has 0 spiro atoms. The maximum Gasteiger partial charge on any atom is 0.242 e. The third-order valence-corrected chi connectivity index (χ3v) is 6.15. The molecule has 0 bridgehead atoms. The van der Waals surface area contributed by atoms with Crippen LogP contribution in [0.25, 0.3) is 0 Å². The molecule has 0 aliphatic carbocycles. The van der Waals surface area contributed by atoms with E-state index in [-0.39, 0.29) is 30.3 Å². The predicted octanol–water partition coefficient (Wildman–Crippen LogP) is 4.33. The third kappa shape index (κ3) is 4.58. The van der Waals surface area contributed by atoms with E-state index in [0.29, 0.717) is 13.1 Å². The zero-order chi connectivity index (χ0) is 20.3. The van der Waals surface area contributed by atoms with Gasteiger partial charge in [-0.05, 0) is 41.8 Å². The molecule has 2 heterocycles. The molecule has 0 fully saturated rings. The van der Waals surface area contributed by atoms with Crippen molar-refractivity contribution in [3.8, 4) is 0 Å². The number of nitrogens with zero attached hydrogens (tertiary/aromatic N) is 2. The fraction of sp³-hybridized carbons (Fsp3) is 0.455. The van der Waals surface area contributed by atoms with Gasteiger partial charge < -0.3 is 9.80 Å². The minimum atomic E-state index is -0.638. The highest BCUT2D eigenvalue weighted by Gasteiger charge is 2.34. The van der Waals surface area contributed by atoms with Crippen LogP contribution in [0.5, 0.6) is 0 Å². The van der Waals surface area contributed by atoms with E-state index in [2.05, 4.69) is 23.6 Å². The second-order valence-electron chi connectivity index (χ2n) is 7.68. The molecule has 0 saturated heterocycles. The summed E-state index contributed by atoms with van der Waals surface area (Å²) in [7, 11) is 0. The van der Waals surface area contributed by atoms with Gasteiger partial charge in [-0.3, -0.25) is 9.59 Å². The summed E-state index contributed by atoms with van der Waals surface area (Å²) in [5, 5.41) is 1.46. The van der Waals surface area contributed by atoms with Gasteiger partial charge in [0.05, 0.1) is 12.6 Å². The van der Waals surface area contributed by atoms with Crippen molar-refractivity contribution in [2.45, 2.75) is 38.6 Å². The van der Waals surface area contributed by atoms with Gasteiger partial charge in [-0.15, -0.1) is 22.9 Å². The van der Waals surface area contributed by atoms with Crippen molar-refractivity contribution in [1.82, 2.24) is 9.80 Å². The van der Waals surface area contributed by atoms with Gasteiger partial charge >= 0.3 is 0 Å². The quantitative estimate of drug-likeness (QED) is 0.655. The van der Waals surface area contributed by atoms with Crippen molar-refractivity contribution in [3.05, 3.63) is 57.8 Å². The van der Waals surface area contributed by atoms with E-state index >= 15 is 0 Å². The lowest BCUT2D eigenvalue weighted by Gasteiger charge is -2.38. The number of carbonyl (C=O) groups is 2. The van der Waals surface area contributed by atoms with Gasteiger partial charge in [0.15, 0.2) is 0 Å². The number of hydrogen-bond donors (Lipinski definition) is 0. The molecule has 0 saturated carbocycles. The summed E-state index contributed by atoms with van der Waals surface area (Å²) in [5.74, 6) is 0.0483. The summed E-state index contributed by atoms with van der Waals surface area (Å²) >= 11 is 7.79. The average Bonchev–Trinajstić information content (AvgIpc) is 3.15. The average molecular weight is 419 g/mol. The number of fused-ring (bicyclic) bond motifs is 1. The molecule has 28 heavy (non-hydrogen) atoms. The Bertz CT molecular complexity index is 819. The van der Waals surface area contributed by atoms with Gasteiger partial charge in [0, 0.05) is 18.0 Å². The molecule has 150 valence electrons. The Balaban J connectivity index is 1.87. The third-order valence-electron chi connectivity index (χ3n) is 4.97. The zero-order valence-electron chi connectivity index (χ0n) is 16.6. The fourth-order valence-electron chi connectivity index (χ4n) is 3.76. The minimum absolute atomic E-state index is 0.0305. The lowest BCUT2D eigenvalue weighted by molar-refractivity contribution is -0.141. The summed E-state index contributed by atoms with van der Waals surface area (Å²) in [4.78, 5) is 30.7. The Morgan fingerprint density at radius 3 is 2.57 bits per heavy atom. The van der Waals surface area contributed by atoms with E-state index in [1.54, 1.807) is 23.2 Å². The van der Waals surface area contributed by atoms with Gasteiger partial charge in [-0.1, -0.05) is 44.2 Å². The van der Waals surface area contributed by atoms with Crippen LogP contribution in [0, 0.1) is 5.92 Å². The first-order chi connectivity index (χ1) is 13.4. The topological polar surface area (TPSA) is 40.6 Å². The molecule has 2 atom stereocenters. The van der Waals surface area contributed by atoms with Gasteiger partial charge in [-0.25, -0.2) is 0 Å². The Morgan fingerprint density at radius 2 is 1.93 bits per heavy atom. The highest BCUT2D eigenvalue weighted by molar-refractivity contribution is 7.10. The predicted molar refractivity (Wildman–Crippen MR) is 115 cm³/mol. The number of alkyl halides is 1. The lowest BCUT2D eigenvalue weighted by Crippen LogP contribution is -2.48. The maximum atomic E-state index is 13.3. The van der Waals surface area contributed by atoms with Crippen LogP contribution in [0.2, 0.25) is 0 Å². The standard InChI is InChI=1S/C22H27ClN2O2S/c1-15(2)13-24(22(27)16(3)23)14-20(26)25-11-9-19-18(10-12-28-19)21(25)17-7-5-4-6-8-17/h4-8,10,12,15-16,21H,9,11,13-14H2,1-3H3/t16-,21+/m0/s1. The smallest absolute Gasteiger partial charge is 0.242 e. The first kappa shape index (κ1) is 20.9. The van der Waals surface area contributed by atoms with Crippen molar-refractivity contribution in [2.24, 2.45) is 5.92 Å². The molecule has 2 aromatic rings. The summed E-state index contributed by atoms with van der Waals surface area (Å²) in [6.07, 6.45) is 0.853. The summed E-state index contributed by atoms with van der Waals surface area (Å²) < 4.78 is 0. The Hall–Kier alpha value is -1.85. The Labute approximate surface area is 176 Å². The van der Waals surface area contributed by atoms with E-state index in [0.717, 1.165) is 12.0 Å². The highest BCUT2D eigenvalue weighted by atomic mass is 35.5. The van der Waals surface area contributed by atoms with Crippen molar-refractivity contribution in [2.75, 3.05) is 19.6 Å². The molecule has 0 N–H and O–H groups in total. The molecule has 0 radical (unpaired) electrons. The van der Waals surface area contributed by atoms with Crippen LogP contribution in [-0.4, -0.2) is 46.6 Å². The van der Waals surface area contributed by atoms with Crippen LogP contribution >= 0.6 is 22.9 Å². The Morgan fingerprint density at radius 1 is 1.21 bits per heavy atom. The molecule has 6 heteroatoms. The fourth-order valence-corrected chi connectivity index (χ4v) is 4.80. The molecule has 2 amide bonds. The summed E-state index contributed by atoms with van der Waals surface area (Å²) in [6.45, 7) is 6.98. The van der Waals surface area contributed by atoms with Crippen LogP contribution in [0.15, 0.2) is 41.8 Å². The van der Waals surface area contributed by atoms with Crippen LogP contribution in [0.1, 0.15) is 42.8 Å². The van der Waals surface area contributed by atoms with Crippen molar-refractivity contribution < 1.29 is 9.59 Å². The number of amides is 2. The summed E-state index contributed by atoms with van der Waals surface area (Å²) in [6, 6.07) is 12.1. The van der Waals surface area contributed by atoms with E-state index < -0.39 is 5.38 Å². The van der Waals surface area contributed by atoms with E-state index in [1.165, 1.54) is 10.4 Å². The molecule has 1 aliphatic heterocycles. The van der Waals surface area contributed by atoms with Crippen LogP contribution < -0.4 is 0 Å². The number of rotatable bonds is 6. The second kappa shape index (κ2) is 9.10. The Kier molecular flexibility index (Phi) is 6.78. The SMILES string of the molecule is CC(C)CN(CC(=O)N1CCc2sccc2[C@H]1c1ccccc1)C(=O)[C@H](C)Cl. The molecule has 0 unspecified atom stereocenters. The zero-order valence-corrected chi connectivity index (χ0v) is 18.2. The monoisotopic (exact) mass is 418 g/mol. The molecule has 3 rings (SSSR count). The van der Waals surface area contributed by atoms with E-state index in [9.17, 15) is 9.59 Å². The molecular formula is C22H27ClN2O2S. The van der Waals surface area contributed by atoms with Crippen LogP contribution in [0.4, 0.5) is 0 Å². The number of thiophene rings is 1. The van der Waals surface area contributed by atoms with E-state index in [1.807, 2.05) is 36.9 Å². The highest BCUT2D eigenvalue weighted by Crippen LogP contribution is 2.37. The van der Waals surface area contributed by atoms with Gasteiger partial charge in [-0.2, -0.15) is 0 Å². The number of halogens is 1. The molecule has 1 aromatic carbocycles. The van der Waals surface area contributed by atoms with Gasteiger partial charge in [0.1, 0.15) is 5.38 Å². The van der Waals surface area contributed by atoms with Crippen molar-refractivity contribution in [3.63, 3.8) is 0 Å². The van der Waals surface area contributed by atoms with Crippen molar-refractivity contribution >= 4 is 34.8 Å². The molecule has 4 nitrogen and oxygen atoms in total.